The van der Waals surface area contributed by atoms with Crippen molar-refractivity contribution < 1.29 is 43.5 Å². The third-order valence-corrected chi connectivity index (χ3v) is 1.89. The van der Waals surface area contributed by atoms with Crippen LogP contribution in [0.5, 0.6) is 5.75 Å². The van der Waals surface area contributed by atoms with Crippen LogP contribution in [0.4, 0.5) is 0 Å². The smallest absolute Gasteiger partial charge is 0.813 e. The second-order valence-electron chi connectivity index (χ2n) is 4.54. The van der Waals surface area contributed by atoms with Crippen molar-refractivity contribution in [3.63, 3.8) is 0 Å². The fourth-order valence-corrected chi connectivity index (χ4v) is 0.946. The largest absolute Gasteiger partial charge is 1.00 e. The second-order valence-corrected chi connectivity index (χ2v) is 4.54. The molecule has 1 aromatic carbocycles. The first-order chi connectivity index (χ1) is 7.78. The monoisotopic (exact) mass is 281 g/mol. The number of phenols is 1. The van der Waals surface area contributed by atoms with Gasteiger partial charge in [-0.25, -0.2) is 0 Å². The predicted octanol–water partition coefficient (Wildman–Crippen LogP) is -3.83. The number of carboxylic acids is 1. The molecule has 0 spiro atoms. The van der Waals surface area contributed by atoms with Crippen molar-refractivity contribution in [3.05, 3.63) is 29.8 Å². The summed E-state index contributed by atoms with van der Waals surface area (Å²) in [7, 11) is 6.16. The Labute approximate surface area is 133 Å². The number of aromatic hydroxyl groups is 1. The standard InChI is InChI=1S/C7H6O3.C5H14NO.Li.H2S/c8-6-4-2-1-3-5(6)7(9)10;1-6(2,3)4-5-7;;/h1-4,8H,(H,9,10);7H,4-5H2,1-3H3;;1H2/q;2*+1;/p-2. The Morgan fingerprint density at radius 2 is 1.74 bits per heavy atom. The van der Waals surface area contributed by atoms with Gasteiger partial charge < -0.3 is 38.1 Å². The summed E-state index contributed by atoms with van der Waals surface area (Å²) in [4.78, 5) is 10.2. The number of rotatable bonds is 3. The van der Waals surface area contributed by atoms with E-state index in [1.54, 1.807) is 6.07 Å². The first kappa shape index (κ1) is 23.5. The van der Waals surface area contributed by atoms with Gasteiger partial charge in [-0.3, -0.25) is 0 Å². The van der Waals surface area contributed by atoms with Crippen LogP contribution in [0.15, 0.2) is 24.3 Å². The summed E-state index contributed by atoms with van der Waals surface area (Å²) < 4.78 is 0.844. The van der Waals surface area contributed by atoms with E-state index >= 15 is 0 Å². The van der Waals surface area contributed by atoms with Crippen molar-refractivity contribution in [2.75, 3.05) is 34.3 Å². The SMILES string of the molecule is C[N+](C)(C)CCO.O=C([O-])c1ccccc1O.[Li+].[SH-]. The molecule has 0 saturated carbocycles. The van der Waals surface area contributed by atoms with E-state index in [0.717, 1.165) is 11.0 Å². The van der Waals surface area contributed by atoms with Crippen molar-refractivity contribution in [1.29, 1.82) is 0 Å². The first-order valence-electron chi connectivity index (χ1n) is 5.18. The Morgan fingerprint density at radius 1 is 1.26 bits per heavy atom. The number of quaternary nitrogens is 1. The van der Waals surface area contributed by atoms with E-state index < -0.39 is 5.97 Å². The van der Waals surface area contributed by atoms with E-state index in [2.05, 4.69) is 21.1 Å². The molecule has 0 amide bonds. The summed E-state index contributed by atoms with van der Waals surface area (Å²) in [5.41, 5.74) is -0.178. The minimum atomic E-state index is -1.36. The van der Waals surface area contributed by atoms with Crippen molar-refractivity contribution >= 4 is 19.5 Å². The second kappa shape index (κ2) is 11.2. The van der Waals surface area contributed by atoms with Crippen molar-refractivity contribution in [2.45, 2.75) is 0 Å². The van der Waals surface area contributed by atoms with Crippen LogP contribution >= 0.6 is 0 Å². The summed E-state index contributed by atoms with van der Waals surface area (Å²) in [6, 6.07) is 5.64. The van der Waals surface area contributed by atoms with Gasteiger partial charge in [0.15, 0.2) is 0 Å². The van der Waals surface area contributed by atoms with Gasteiger partial charge in [-0.2, -0.15) is 0 Å². The number of nitrogens with zero attached hydrogens (tertiary/aromatic N) is 1. The maximum absolute atomic E-state index is 10.2. The van der Waals surface area contributed by atoms with Crippen LogP contribution in [0, 0.1) is 0 Å². The number of aromatic carboxylic acids is 1. The maximum atomic E-state index is 10.2. The van der Waals surface area contributed by atoms with Crippen molar-refractivity contribution in [3.8, 4) is 5.75 Å². The fraction of sp³-hybridized carbons (Fsp3) is 0.417. The number of hydrogen-bond donors (Lipinski definition) is 2. The third-order valence-electron chi connectivity index (χ3n) is 1.89. The molecule has 0 aliphatic heterocycles. The van der Waals surface area contributed by atoms with Crippen LogP contribution in [0.1, 0.15) is 10.4 Å². The molecule has 19 heavy (non-hydrogen) atoms. The molecular weight excluding hydrogens is 261 g/mol. The normalized spacial score (nSPS) is 9.26. The molecule has 0 unspecified atom stereocenters. The van der Waals surface area contributed by atoms with Gasteiger partial charge in [0, 0.05) is 5.56 Å². The number of hydrogen-bond acceptors (Lipinski definition) is 5. The van der Waals surface area contributed by atoms with Crippen LogP contribution in [0.3, 0.4) is 0 Å². The van der Waals surface area contributed by atoms with Crippen LogP contribution in [-0.2, 0) is 13.5 Å². The van der Waals surface area contributed by atoms with Gasteiger partial charge in [-0.05, 0) is 12.1 Å². The molecule has 0 saturated heterocycles. The van der Waals surface area contributed by atoms with Gasteiger partial charge in [-0.1, -0.05) is 12.1 Å². The van der Waals surface area contributed by atoms with Crippen LogP contribution < -0.4 is 24.0 Å². The number of benzene rings is 1. The number of carbonyl (C=O) groups is 1. The Bertz CT molecular complexity index is 369. The van der Waals surface area contributed by atoms with Gasteiger partial charge in [0.2, 0.25) is 0 Å². The quantitative estimate of drug-likeness (QED) is 0.257. The molecule has 0 fully saturated rings. The molecule has 0 atom stereocenters. The molecule has 1 rings (SSSR count). The summed E-state index contributed by atoms with van der Waals surface area (Å²) in [6.07, 6.45) is 0. The third kappa shape index (κ3) is 12.1. The van der Waals surface area contributed by atoms with Gasteiger partial charge in [-0.15, -0.1) is 0 Å². The van der Waals surface area contributed by atoms with E-state index in [1.807, 2.05) is 0 Å². The summed E-state index contributed by atoms with van der Waals surface area (Å²) >= 11 is 0. The van der Waals surface area contributed by atoms with E-state index in [1.165, 1.54) is 18.2 Å². The van der Waals surface area contributed by atoms with E-state index in [9.17, 15) is 9.90 Å². The molecule has 2 N–H and O–H groups in total. The first-order valence-corrected chi connectivity index (χ1v) is 5.18. The number of carbonyl (C=O) groups excluding carboxylic acids is 1. The Hall–Kier alpha value is -0.643. The Kier molecular flexibility index (Phi) is 13.8. The Morgan fingerprint density at radius 3 is 1.95 bits per heavy atom. The number of likely N-dealkylation sites (N-methyl/N-ethyl adjacent to an activating group) is 1. The van der Waals surface area contributed by atoms with E-state index in [-0.39, 0.29) is 50.3 Å². The number of para-hydroxylation sites is 1. The van der Waals surface area contributed by atoms with Crippen LogP contribution in [0.2, 0.25) is 0 Å². The van der Waals surface area contributed by atoms with E-state index in [0.29, 0.717) is 0 Å². The zero-order chi connectivity index (χ0) is 13.5. The Balaban J connectivity index is -0.000000258. The van der Waals surface area contributed by atoms with Gasteiger partial charge in [0.05, 0.1) is 33.7 Å². The zero-order valence-electron chi connectivity index (χ0n) is 11.8. The fourth-order valence-electron chi connectivity index (χ4n) is 0.946. The molecule has 0 bridgehead atoms. The topological polar surface area (TPSA) is 80.6 Å². The summed E-state index contributed by atoms with van der Waals surface area (Å²) in [5, 5.41) is 27.4. The van der Waals surface area contributed by atoms with Gasteiger partial charge in [0.1, 0.15) is 12.3 Å². The summed E-state index contributed by atoms with van der Waals surface area (Å²) in [6.45, 7) is 1.11. The van der Waals surface area contributed by atoms with Crippen LogP contribution in [-0.4, -0.2) is 55.0 Å². The average Bonchev–Trinajstić information content (AvgIpc) is 2.16. The molecule has 1 aromatic rings. The van der Waals surface area contributed by atoms with Crippen molar-refractivity contribution in [2.24, 2.45) is 0 Å². The van der Waals surface area contributed by atoms with Gasteiger partial charge in [0.25, 0.3) is 0 Å². The average molecular weight is 281 g/mol. The number of thiol groups is 1. The van der Waals surface area contributed by atoms with Crippen LogP contribution in [0.25, 0.3) is 0 Å². The molecule has 7 heteroatoms. The zero-order valence-corrected chi connectivity index (χ0v) is 12.7. The maximum Gasteiger partial charge on any atom is 1.00 e. The van der Waals surface area contributed by atoms with Gasteiger partial charge >= 0.3 is 18.9 Å². The number of aliphatic hydroxyl groups excluding tert-OH is 1. The number of aliphatic hydroxyl groups is 1. The van der Waals surface area contributed by atoms with Crippen molar-refractivity contribution in [1.82, 2.24) is 0 Å². The molecule has 0 aliphatic rings. The predicted molar refractivity (Wildman–Crippen MR) is 71.2 cm³/mol. The summed E-state index contributed by atoms with van der Waals surface area (Å²) in [5.74, 6) is -1.62. The minimum Gasteiger partial charge on any atom is -0.813 e. The molecule has 0 heterocycles. The molecule has 0 radical (unpaired) electrons. The molecule has 0 aromatic heterocycles. The molecular formula is C12H20LiNO4S. The molecule has 104 valence electrons. The molecule has 0 aliphatic carbocycles. The molecule has 5 nitrogen and oxygen atoms in total. The van der Waals surface area contributed by atoms with E-state index in [4.69, 9.17) is 10.2 Å². The number of carboxylic acid groups (broad SMARTS) is 1. The minimum absolute atomic E-state index is 0.